The Labute approximate surface area is 124 Å². The predicted octanol–water partition coefficient (Wildman–Crippen LogP) is 0.731. The Hall–Kier alpha value is -2.24. The second-order valence-corrected chi connectivity index (χ2v) is 4.96. The third kappa shape index (κ3) is 4.11. The number of nitrogens with one attached hydrogen (secondary N) is 1. The summed E-state index contributed by atoms with van der Waals surface area (Å²) in [7, 11) is 1.56. The highest BCUT2D eigenvalue weighted by molar-refractivity contribution is 5.85. The molecule has 0 aromatic heterocycles. The smallest absolute Gasteiger partial charge is 0.260 e. The van der Waals surface area contributed by atoms with Crippen molar-refractivity contribution in [2.45, 2.75) is 13.3 Å². The number of amides is 2. The highest BCUT2D eigenvalue weighted by Crippen LogP contribution is 2.27. The zero-order valence-electron chi connectivity index (χ0n) is 12.3. The van der Waals surface area contributed by atoms with Crippen molar-refractivity contribution in [1.82, 2.24) is 10.2 Å². The average Bonchev–Trinajstić information content (AvgIpc) is 2.70. The SMILES string of the molecule is COc1cc(C)ccc1OCC(=O)N1CCCNC(=O)C1. The summed E-state index contributed by atoms with van der Waals surface area (Å²) in [5.41, 5.74) is 1.05. The quantitative estimate of drug-likeness (QED) is 0.888. The Bertz CT molecular complexity index is 530. The van der Waals surface area contributed by atoms with Gasteiger partial charge in [-0.25, -0.2) is 0 Å². The molecule has 21 heavy (non-hydrogen) atoms. The Morgan fingerprint density at radius 3 is 2.95 bits per heavy atom. The first kappa shape index (κ1) is 15.2. The van der Waals surface area contributed by atoms with E-state index in [9.17, 15) is 9.59 Å². The molecule has 1 saturated heterocycles. The van der Waals surface area contributed by atoms with Gasteiger partial charge in [-0.2, -0.15) is 0 Å². The number of hydrogen-bond donors (Lipinski definition) is 1. The van der Waals surface area contributed by atoms with E-state index in [1.807, 2.05) is 19.1 Å². The largest absolute Gasteiger partial charge is 0.493 e. The van der Waals surface area contributed by atoms with Crippen LogP contribution in [0.5, 0.6) is 11.5 Å². The minimum atomic E-state index is -0.199. The van der Waals surface area contributed by atoms with Gasteiger partial charge >= 0.3 is 0 Å². The van der Waals surface area contributed by atoms with Crippen LogP contribution in [0, 0.1) is 6.92 Å². The zero-order chi connectivity index (χ0) is 15.2. The van der Waals surface area contributed by atoms with Crippen LogP contribution in [0.25, 0.3) is 0 Å². The van der Waals surface area contributed by atoms with Crippen molar-refractivity contribution in [2.24, 2.45) is 0 Å². The third-order valence-corrected chi connectivity index (χ3v) is 3.28. The molecule has 1 fully saturated rings. The van der Waals surface area contributed by atoms with Crippen LogP contribution in [-0.2, 0) is 9.59 Å². The van der Waals surface area contributed by atoms with Crippen LogP contribution in [0.1, 0.15) is 12.0 Å². The molecule has 0 atom stereocenters. The molecular formula is C15H20N2O4. The molecular weight excluding hydrogens is 272 g/mol. The van der Waals surface area contributed by atoms with Crippen LogP contribution in [-0.4, -0.2) is 50.1 Å². The Kier molecular flexibility index (Phi) is 5.03. The molecule has 1 aliphatic rings. The van der Waals surface area contributed by atoms with Crippen molar-refractivity contribution in [3.63, 3.8) is 0 Å². The highest BCUT2D eigenvalue weighted by atomic mass is 16.5. The molecule has 1 aliphatic heterocycles. The van der Waals surface area contributed by atoms with Crippen molar-refractivity contribution >= 4 is 11.8 Å². The number of ether oxygens (including phenoxy) is 2. The fraction of sp³-hybridized carbons (Fsp3) is 0.467. The third-order valence-electron chi connectivity index (χ3n) is 3.28. The first-order chi connectivity index (χ1) is 10.1. The van der Waals surface area contributed by atoms with Crippen LogP contribution in [0.2, 0.25) is 0 Å². The van der Waals surface area contributed by atoms with Gasteiger partial charge in [0.25, 0.3) is 5.91 Å². The van der Waals surface area contributed by atoms with Crippen molar-refractivity contribution in [3.05, 3.63) is 23.8 Å². The van der Waals surface area contributed by atoms with Gasteiger partial charge in [0.15, 0.2) is 18.1 Å². The minimum Gasteiger partial charge on any atom is -0.493 e. The summed E-state index contributed by atoms with van der Waals surface area (Å²) in [6, 6.07) is 5.51. The first-order valence-electron chi connectivity index (χ1n) is 6.92. The normalized spacial score (nSPS) is 15.1. The van der Waals surface area contributed by atoms with Crippen LogP contribution in [0.15, 0.2) is 18.2 Å². The first-order valence-corrected chi connectivity index (χ1v) is 6.92. The molecule has 0 unspecified atom stereocenters. The average molecular weight is 292 g/mol. The van der Waals surface area contributed by atoms with Gasteiger partial charge in [-0.15, -0.1) is 0 Å². The lowest BCUT2D eigenvalue weighted by Crippen LogP contribution is -2.39. The summed E-state index contributed by atoms with van der Waals surface area (Å²) in [4.78, 5) is 25.1. The van der Waals surface area contributed by atoms with E-state index in [1.54, 1.807) is 13.2 Å². The number of rotatable bonds is 4. The summed E-state index contributed by atoms with van der Waals surface area (Å²) in [5, 5.41) is 2.73. The second kappa shape index (κ2) is 6.97. The molecule has 2 rings (SSSR count). The molecule has 114 valence electrons. The fourth-order valence-corrected chi connectivity index (χ4v) is 2.14. The van der Waals surface area contributed by atoms with Gasteiger partial charge in [0.05, 0.1) is 13.7 Å². The van der Waals surface area contributed by atoms with Gasteiger partial charge in [0, 0.05) is 13.1 Å². The van der Waals surface area contributed by atoms with E-state index in [0.717, 1.165) is 12.0 Å². The Morgan fingerprint density at radius 1 is 1.38 bits per heavy atom. The van der Waals surface area contributed by atoms with Crippen LogP contribution in [0.3, 0.4) is 0 Å². The van der Waals surface area contributed by atoms with Crippen LogP contribution in [0.4, 0.5) is 0 Å². The summed E-state index contributed by atoms with van der Waals surface area (Å²) in [5.74, 6) is 0.788. The van der Waals surface area contributed by atoms with E-state index in [4.69, 9.17) is 9.47 Å². The van der Waals surface area contributed by atoms with Crippen molar-refractivity contribution in [2.75, 3.05) is 33.4 Å². The maximum atomic E-state index is 12.1. The van der Waals surface area contributed by atoms with Crippen molar-refractivity contribution < 1.29 is 19.1 Å². The molecule has 1 aromatic carbocycles. The number of hydrogen-bond acceptors (Lipinski definition) is 4. The summed E-state index contributed by atoms with van der Waals surface area (Å²) >= 11 is 0. The molecule has 0 radical (unpaired) electrons. The second-order valence-electron chi connectivity index (χ2n) is 4.96. The molecule has 0 saturated carbocycles. The number of carbonyl (C=O) groups is 2. The number of carbonyl (C=O) groups excluding carboxylic acids is 2. The topological polar surface area (TPSA) is 67.9 Å². The Morgan fingerprint density at radius 2 is 2.19 bits per heavy atom. The number of benzene rings is 1. The molecule has 0 bridgehead atoms. The number of nitrogens with zero attached hydrogens (tertiary/aromatic N) is 1. The number of aryl methyl sites for hydroxylation is 1. The molecule has 2 amide bonds. The Balaban J connectivity index is 1.95. The van der Waals surface area contributed by atoms with Crippen LogP contribution < -0.4 is 14.8 Å². The fourth-order valence-electron chi connectivity index (χ4n) is 2.14. The highest BCUT2D eigenvalue weighted by Gasteiger charge is 2.20. The predicted molar refractivity (Wildman–Crippen MR) is 77.4 cm³/mol. The van der Waals surface area contributed by atoms with Gasteiger partial charge in [-0.05, 0) is 31.0 Å². The van der Waals surface area contributed by atoms with E-state index in [1.165, 1.54) is 4.90 Å². The standard InChI is InChI=1S/C15H20N2O4/c1-11-4-5-12(13(8-11)20-2)21-10-15(19)17-7-3-6-16-14(18)9-17/h4-5,8H,3,6-7,9-10H2,1-2H3,(H,16,18). The van der Waals surface area contributed by atoms with Gasteiger partial charge < -0.3 is 19.7 Å². The van der Waals surface area contributed by atoms with Gasteiger partial charge in [0.1, 0.15) is 0 Å². The number of methoxy groups -OCH3 is 1. The zero-order valence-corrected chi connectivity index (χ0v) is 12.3. The summed E-state index contributed by atoms with van der Waals surface area (Å²) in [6.45, 7) is 3.11. The van der Waals surface area contributed by atoms with Crippen molar-refractivity contribution in [1.29, 1.82) is 0 Å². The maximum Gasteiger partial charge on any atom is 0.260 e. The van der Waals surface area contributed by atoms with Crippen LogP contribution >= 0.6 is 0 Å². The van der Waals surface area contributed by atoms with Crippen molar-refractivity contribution in [3.8, 4) is 11.5 Å². The minimum absolute atomic E-state index is 0.0905. The van der Waals surface area contributed by atoms with Gasteiger partial charge in [-0.1, -0.05) is 6.07 Å². The molecule has 1 heterocycles. The monoisotopic (exact) mass is 292 g/mol. The molecule has 1 aromatic rings. The lowest BCUT2D eigenvalue weighted by atomic mass is 10.2. The van der Waals surface area contributed by atoms with E-state index < -0.39 is 0 Å². The maximum absolute atomic E-state index is 12.1. The summed E-state index contributed by atoms with van der Waals surface area (Å²) in [6.07, 6.45) is 0.755. The molecule has 0 spiro atoms. The van der Waals surface area contributed by atoms with Gasteiger partial charge in [-0.3, -0.25) is 9.59 Å². The van der Waals surface area contributed by atoms with E-state index in [0.29, 0.717) is 24.6 Å². The van der Waals surface area contributed by atoms with E-state index in [2.05, 4.69) is 5.32 Å². The lowest BCUT2D eigenvalue weighted by Gasteiger charge is -2.19. The summed E-state index contributed by atoms with van der Waals surface area (Å²) < 4.78 is 10.8. The molecule has 0 aliphatic carbocycles. The van der Waals surface area contributed by atoms with E-state index >= 15 is 0 Å². The molecule has 1 N–H and O–H groups in total. The molecule has 6 heteroatoms. The van der Waals surface area contributed by atoms with Gasteiger partial charge in [0.2, 0.25) is 5.91 Å². The molecule has 6 nitrogen and oxygen atoms in total. The lowest BCUT2D eigenvalue weighted by molar-refractivity contribution is -0.136. The van der Waals surface area contributed by atoms with E-state index in [-0.39, 0.29) is 25.0 Å².